The number of carboxylic acid groups (broad SMARTS) is 1. The van der Waals surface area contributed by atoms with E-state index in [0.717, 1.165) is 30.6 Å². The van der Waals surface area contributed by atoms with Crippen molar-refractivity contribution in [2.75, 3.05) is 13.7 Å². The van der Waals surface area contributed by atoms with Gasteiger partial charge in [0.05, 0.1) is 13.5 Å². The van der Waals surface area contributed by atoms with E-state index in [1.807, 2.05) is 24.3 Å². The van der Waals surface area contributed by atoms with Gasteiger partial charge in [-0.1, -0.05) is 25.0 Å². The summed E-state index contributed by atoms with van der Waals surface area (Å²) in [6.07, 6.45) is 4.01. The van der Waals surface area contributed by atoms with Crippen molar-refractivity contribution in [3.63, 3.8) is 0 Å². The molecule has 2 N–H and O–H groups in total. The predicted octanol–water partition coefficient (Wildman–Crippen LogP) is 2.39. The van der Waals surface area contributed by atoms with Gasteiger partial charge in [0.15, 0.2) is 0 Å². The highest BCUT2D eigenvalue weighted by Gasteiger charge is 2.03. The number of carboxylic acids is 1. The molecule has 116 valence electrons. The van der Waals surface area contributed by atoms with Crippen molar-refractivity contribution in [1.82, 2.24) is 5.32 Å². The lowest BCUT2D eigenvalue weighted by atomic mass is 10.1. The zero-order chi connectivity index (χ0) is 15.5. The second-order valence-corrected chi connectivity index (χ2v) is 4.93. The molecule has 1 aromatic rings. The van der Waals surface area contributed by atoms with E-state index in [-0.39, 0.29) is 12.3 Å². The van der Waals surface area contributed by atoms with E-state index < -0.39 is 5.97 Å². The highest BCUT2D eigenvalue weighted by atomic mass is 16.5. The predicted molar refractivity (Wildman–Crippen MR) is 80.4 cm³/mol. The number of nitrogens with one attached hydrogen (secondary N) is 1. The number of carbonyl (C=O) groups is 2. The third-order valence-corrected chi connectivity index (χ3v) is 3.16. The molecular weight excluding hydrogens is 270 g/mol. The molecule has 5 heteroatoms. The summed E-state index contributed by atoms with van der Waals surface area (Å²) in [6, 6.07) is 7.44. The highest BCUT2D eigenvalue weighted by molar-refractivity contribution is 5.78. The van der Waals surface area contributed by atoms with Gasteiger partial charge >= 0.3 is 5.97 Å². The van der Waals surface area contributed by atoms with E-state index in [9.17, 15) is 9.59 Å². The molecule has 0 saturated carbocycles. The fourth-order valence-electron chi connectivity index (χ4n) is 1.97. The molecule has 21 heavy (non-hydrogen) atoms. The average molecular weight is 293 g/mol. The number of unbranched alkanes of at least 4 members (excludes halogenated alkanes) is 3. The number of aliphatic carboxylic acids is 1. The van der Waals surface area contributed by atoms with Crippen LogP contribution in [0.25, 0.3) is 0 Å². The number of methoxy groups -OCH3 is 1. The molecule has 0 saturated heterocycles. The molecule has 0 aliphatic carbocycles. The van der Waals surface area contributed by atoms with Crippen molar-refractivity contribution >= 4 is 11.9 Å². The molecule has 0 bridgehead atoms. The maximum absolute atomic E-state index is 11.7. The van der Waals surface area contributed by atoms with Crippen LogP contribution in [0.1, 0.15) is 37.7 Å². The molecule has 1 amide bonds. The summed E-state index contributed by atoms with van der Waals surface area (Å²) in [4.78, 5) is 22.1. The van der Waals surface area contributed by atoms with Crippen LogP contribution < -0.4 is 10.1 Å². The zero-order valence-electron chi connectivity index (χ0n) is 12.4. The molecule has 0 aliphatic rings. The van der Waals surface area contributed by atoms with Crippen molar-refractivity contribution in [3.8, 4) is 5.75 Å². The Kier molecular flexibility index (Phi) is 7.94. The summed E-state index contributed by atoms with van der Waals surface area (Å²) in [5, 5.41) is 11.4. The molecule has 0 atom stereocenters. The Balaban J connectivity index is 2.09. The van der Waals surface area contributed by atoms with Gasteiger partial charge in [-0.25, -0.2) is 0 Å². The van der Waals surface area contributed by atoms with Crippen LogP contribution in [0.3, 0.4) is 0 Å². The lowest BCUT2D eigenvalue weighted by Gasteiger charge is -2.06. The molecule has 1 rings (SSSR count). The SMILES string of the molecule is COc1ccc(CC(=O)NCCCCCCC(=O)O)cc1. The van der Waals surface area contributed by atoms with Gasteiger partial charge in [0.2, 0.25) is 5.91 Å². The number of benzene rings is 1. The van der Waals surface area contributed by atoms with Crippen LogP contribution in [0.15, 0.2) is 24.3 Å². The molecule has 0 heterocycles. The number of amides is 1. The van der Waals surface area contributed by atoms with Crippen LogP contribution >= 0.6 is 0 Å². The third-order valence-electron chi connectivity index (χ3n) is 3.16. The monoisotopic (exact) mass is 293 g/mol. The van der Waals surface area contributed by atoms with Gasteiger partial charge in [0.25, 0.3) is 0 Å². The Bertz CT molecular complexity index is 442. The summed E-state index contributed by atoms with van der Waals surface area (Å²) >= 11 is 0. The van der Waals surface area contributed by atoms with Crippen molar-refractivity contribution in [3.05, 3.63) is 29.8 Å². The number of hydrogen-bond donors (Lipinski definition) is 2. The zero-order valence-corrected chi connectivity index (χ0v) is 12.4. The molecule has 0 spiro atoms. The smallest absolute Gasteiger partial charge is 0.303 e. The Hall–Kier alpha value is -2.04. The third kappa shape index (κ3) is 7.97. The molecule has 0 aromatic heterocycles. The standard InChI is InChI=1S/C16H23NO4/c1-21-14-9-7-13(8-10-14)12-15(18)17-11-5-3-2-4-6-16(19)20/h7-10H,2-6,11-12H2,1H3,(H,17,18)(H,19,20). The largest absolute Gasteiger partial charge is 0.497 e. The van der Waals surface area contributed by atoms with Gasteiger partial charge in [-0.15, -0.1) is 0 Å². The number of ether oxygens (including phenoxy) is 1. The first-order valence-electron chi connectivity index (χ1n) is 7.23. The molecule has 0 fully saturated rings. The number of hydrogen-bond acceptors (Lipinski definition) is 3. The molecular formula is C16H23NO4. The highest BCUT2D eigenvalue weighted by Crippen LogP contribution is 2.11. The van der Waals surface area contributed by atoms with Gasteiger partial charge in [-0.05, 0) is 30.5 Å². The molecule has 1 aromatic carbocycles. The molecule has 0 unspecified atom stereocenters. The second-order valence-electron chi connectivity index (χ2n) is 4.93. The second kappa shape index (κ2) is 9.80. The van der Waals surface area contributed by atoms with Crippen LogP contribution in [0.2, 0.25) is 0 Å². The Morgan fingerprint density at radius 1 is 1.10 bits per heavy atom. The van der Waals surface area contributed by atoms with Crippen LogP contribution in [-0.2, 0) is 16.0 Å². The minimum Gasteiger partial charge on any atom is -0.497 e. The van der Waals surface area contributed by atoms with Crippen LogP contribution in [0.4, 0.5) is 0 Å². The van der Waals surface area contributed by atoms with Gasteiger partial charge < -0.3 is 15.2 Å². The van der Waals surface area contributed by atoms with Gasteiger partial charge in [0, 0.05) is 13.0 Å². The minimum atomic E-state index is -0.747. The van der Waals surface area contributed by atoms with Gasteiger partial charge in [-0.2, -0.15) is 0 Å². The summed E-state index contributed by atoms with van der Waals surface area (Å²) in [5.74, 6) is 0.0361. The van der Waals surface area contributed by atoms with E-state index in [4.69, 9.17) is 9.84 Å². The minimum absolute atomic E-state index is 0.00528. The summed E-state index contributed by atoms with van der Waals surface area (Å²) in [6.45, 7) is 0.641. The Morgan fingerprint density at radius 3 is 2.38 bits per heavy atom. The number of carbonyl (C=O) groups excluding carboxylic acids is 1. The Labute approximate surface area is 125 Å². The topological polar surface area (TPSA) is 75.6 Å². The molecule has 5 nitrogen and oxygen atoms in total. The van der Waals surface area contributed by atoms with E-state index in [1.165, 1.54) is 0 Å². The van der Waals surface area contributed by atoms with Gasteiger partial charge in [-0.3, -0.25) is 9.59 Å². The van der Waals surface area contributed by atoms with E-state index in [0.29, 0.717) is 19.4 Å². The lowest BCUT2D eigenvalue weighted by molar-refractivity contribution is -0.137. The van der Waals surface area contributed by atoms with Crippen molar-refractivity contribution in [2.24, 2.45) is 0 Å². The summed E-state index contributed by atoms with van der Waals surface area (Å²) < 4.78 is 5.06. The fraction of sp³-hybridized carbons (Fsp3) is 0.500. The first-order valence-corrected chi connectivity index (χ1v) is 7.23. The molecule has 0 radical (unpaired) electrons. The van der Waals surface area contributed by atoms with Crippen molar-refractivity contribution < 1.29 is 19.4 Å². The summed E-state index contributed by atoms with van der Waals surface area (Å²) in [7, 11) is 1.61. The van der Waals surface area contributed by atoms with Crippen LogP contribution in [0.5, 0.6) is 5.75 Å². The maximum Gasteiger partial charge on any atom is 0.303 e. The van der Waals surface area contributed by atoms with Gasteiger partial charge in [0.1, 0.15) is 5.75 Å². The van der Waals surface area contributed by atoms with E-state index in [1.54, 1.807) is 7.11 Å². The van der Waals surface area contributed by atoms with E-state index >= 15 is 0 Å². The normalized spacial score (nSPS) is 10.1. The quantitative estimate of drug-likeness (QED) is 0.649. The first kappa shape index (κ1) is 17.0. The maximum atomic E-state index is 11.7. The Morgan fingerprint density at radius 2 is 1.76 bits per heavy atom. The first-order chi connectivity index (χ1) is 10.1. The van der Waals surface area contributed by atoms with Crippen LogP contribution in [-0.4, -0.2) is 30.6 Å². The fourth-order valence-corrected chi connectivity index (χ4v) is 1.97. The van der Waals surface area contributed by atoms with Crippen molar-refractivity contribution in [2.45, 2.75) is 38.5 Å². The van der Waals surface area contributed by atoms with Crippen LogP contribution in [0, 0.1) is 0 Å². The lowest BCUT2D eigenvalue weighted by Crippen LogP contribution is -2.26. The number of rotatable bonds is 10. The average Bonchev–Trinajstić information content (AvgIpc) is 2.46. The molecule has 0 aliphatic heterocycles. The summed E-state index contributed by atoms with van der Waals surface area (Å²) in [5.41, 5.74) is 0.953. The van der Waals surface area contributed by atoms with Crippen molar-refractivity contribution in [1.29, 1.82) is 0 Å². The van der Waals surface area contributed by atoms with E-state index in [2.05, 4.69) is 5.32 Å².